The zero-order chi connectivity index (χ0) is 38.2. The average Bonchev–Trinajstić information content (AvgIpc) is 3.70. The fourth-order valence-electron chi connectivity index (χ4n) is 6.17. The second kappa shape index (κ2) is 19.1. The summed E-state index contributed by atoms with van der Waals surface area (Å²) in [5.41, 5.74) is 16.5. The lowest BCUT2D eigenvalue weighted by Crippen LogP contribution is -2.57. The van der Waals surface area contributed by atoms with E-state index in [0.717, 1.165) is 27.3 Å². The van der Waals surface area contributed by atoms with E-state index < -0.39 is 47.4 Å². The molecule has 1 aliphatic heterocycles. The van der Waals surface area contributed by atoms with E-state index >= 15 is 0 Å². The third-order valence-electron chi connectivity index (χ3n) is 9.16. The van der Waals surface area contributed by atoms with Gasteiger partial charge < -0.3 is 37.4 Å². The molecule has 0 saturated carbocycles. The number of aryl methyl sites for hydroxylation is 2. The van der Waals surface area contributed by atoms with Gasteiger partial charge in [0, 0.05) is 31.5 Å². The third-order valence-corrected chi connectivity index (χ3v) is 10.1. The van der Waals surface area contributed by atoms with E-state index in [0.29, 0.717) is 18.5 Å². The summed E-state index contributed by atoms with van der Waals surface area (Å²) in [5, 5.41) is 19.2. The lowest BCUT2D eigenvalue weighted by atomic mass is 9.85. The van der Waals surface area contributed by atoms with Gasteiger partial charge >= 0.3 is 0 Å². The number of anilines is 1. The van der Waals surface area contributed by atoms with Gasteiger partial charge in [-0.2, -0.15) is 0 Å². The number of nitrogens with two attached hydrogens (primary N) is 2. The van der Waals surface area contributed by atoms with Crippen molar-refractivity contribution in [3.05, 3.63) is 70.9 Å². The van der Waals surface area contributed by atoms with Crippen molar-refractivity contribution in [1.29, 1.82) is 0 Å². The molecular formula is C38H52ClN7O6S. The molecule has 0 bridgehead atoms. The number of hydrogen-bond donors (Lipinski definition) is 6. The maximum Gasteiger partial charge on any atom is 0.246 e. The first-order valence-electron chi connectivity index (χ1n) is 17.6. The molecule has 0 radical (unpaired) electrons. The Bertz CT molecular complexity index is 1740. The highest BCUT2D eigenvalue weighted by Gasteiger charge is 2.44. The third kappa shape index (κ3) is 12.1. The number of halogens is 1. The summed E-state index contributed by atoms with van der Waals surface area (Å²) in [6, 6.07) is 12.0. The molecule has 5 amide bonds. The number of carbonyl (C=O) groups is 5. The van der Waals surface area contributed by atoms with Gasteiger partial charge in [-0.25, -0.2) is 4.98 Å². The number of nitrogens with one attached hydrogen (secondary N) is 3. The van der Waals surface area contributed by atoms with Crippen molar-refractivity contribution in [2.45, 2.75) is 103 Å². The summed E-state index contributed by atoms with van der Waals surface area (Å²) >= 11 is 1.57. The van der Waals surface area contributed by atoms with Gasteiger partial charge in [-0.05, 0) is 67.3 Å². The van der Waals surface area contributed by atoms with E-state index in [4.69, 9.17) is 11.5 Å². The lowest BCUT2D eigenvalue weighted by Gasteiger charge is -2.35. The largest absolute Gasteiger partial charge is 0.391 e. The van der Waals surface area contributed by atoms with Crippen molar-refractivity contribution in [3.8, 4) is 10.4 Å². The fraction of sp³-hybridized carbons (Fsp3) is 0.474. The van der Waals surface area contributed by atoms with Gasteiger partial charge in [-0.15, -0.1) is 23.7 Å². The zero-order valence-corrected chi connectivity index (χ0v) is 32.5. The minimum absolute atomic E-state index is 0. The Balaban J connectivity index is 0.00000756. The SMILES string of the molecule is Cc1ncsc1-c1ccc([C@H](C)NC(=O)[C@@H]2C[C@@H](O)CN2C(=O)[C@@H](NC(=O)CCCc2cccc(NC(=O)[C@@H](N)CCC(N)=O)c2)C(C)(C)C)cc1.Cl. The first-order chi connectivity index (χ1) is 24.5. The predicted octanol–water partition coefficient (Wildman–Crippen LogP) is 3.76. The van der Waals surface area contributed by atoms with Crippen LogP contribution in [-0.2, 0) is 30.4 Å². The molecule has 53 heavy (non-hydrogen) atoms. The highest BCUT2D eigenvalue weighted by Crippen LogP contribution is 2.29. The van der Waals surface area contributed by atoms with Gasteiger partial charge in [0.1, 0.15) is 12.1 Å². The molecule has 5 atom stereocenters. The van der Waals surface area contributed by atoms with Crippen molar-refractivity contribution in [1.82, 2.24) is 20.5 Å². The first-order valence-corrected chi connectivity index (χ1v) is 18.4. The number of thiazole rings is 1. The molecule has 288 valence electrons. The Morgan fingerprint density at radius 1 is 1.06 bits per heavy atom. The van der Waals surface area contributed by atoms with Crippen LogP contribution >= 0.6 is 23.7 Å². The van der Waals surface area contributed by atoms with E-state index in [2.05, 4.69) is 20.9 Å². The summed E-state index contributed by atoms with van der Waals surface area (Å²) in [4.78, 5) is 71.0. The highest BCUT2D eigenvalue weighted by atomic mass is 35.5. The van der Waals surface area contributed by atoms with Crippen molar-refractivity contribution >= 4 is 59.0 Å². The smallest absolute Gasteiger partial charge is 0.246 e. The van der Waals surface area contributed by atoms with Crippen LogP contribution in [0.1, 0.15) is 82.7 Å². The van der Waals surface area contributed by atoms with Crippen LogP contribution in [0, 0.1) is 12.3 Å². The van der Waals surface area contributed by atoms with Gasteiger partial charge in [0.2, 0.25) is 29.5 Å². The number of aliphatic hydroxyl groups excluding tert-OH is 1. The van der Waals surface area contributed by atoms with Crippen molar-refractivity contribution in [2.24, 2.45) is 16.9 Å². The number of hydrogen-bond acceptors (Lipinski definition) is 9. The number of rotatable bonds is 15. The Morgan fingerprint density at radius 3 is 2.38 bits per heavy atom. The van der Waals surface area contributed by atoms with Crippen LogP contribution in [0.3, 0.4) is 0 Å². The fourth-order valence-corrected chi connectivity index (χ4v) is 6.98. The molecule has 0 spiro atoms. The van der Waals surface area contributed by atoms with E-state index in [1.807, 2.05) is 70.5 Å². The van der Waals surface area contributed by atoms with Gasteiger partial charge in [-0.1, -0.05) is 57.2 Å². The molecule has 8 N–H and O–H groups in total. The zero-order valence-electron chi connectivity index (χ0n) is 30.9. The molecule has 3 aromatic rings. The van der Waals surface area contributed by atoms with E-state index in [9.17, 15) is 29.1 Å². The molecule has 1 fully saturated rings. The normalized spacial score (nSPS) is 17.2. The van der Waals surface area contributed by atoms with Gasteiger partial charge in [0.15, 0.2) is 0 Å². The van der Waals surface area contributed by atoms with Crippen LogP contribution in [0.15, 0.2) is 54.0 Å². The van der Waals surface area contributed by atoms with Crippen LogP contribution in [0.4, 0.5) is 5.69 Å². The molecule has 4 rings (SSSR count). The van der Waals surface area contributed by atoms with E-state index in [1.165, 1.54) is 4.90 Å². The molecular weight excluding hydrogens is 718 g/mol. The topological polar surface area (TPSA) is 210 Å². The maximum absolute atomic E-state index is 14.0. The number of benzene rings is 2. The number of amides is 5. The molecule has 0 aliphatic carbocycles. The molecule has 1 saturated heterocycles. The highest BCUT2D eigenvalue weighted by molar-refractivity contribution is 7.13. The molecule has 15 heteroatoms. The molecule has 0 unspecified atom stereocenters. The molecule has 1 aliphatic rings. The van der Waals surface area contributed by atoms with Crippen molar-refractivity contribution in [2.75, 3.05) is 11.9 Å². The van der Waals surface area contributed by atoms with Crippen molar-refractivity contribution in [3.63, 3.8) is 0 Å². The van der Waals surface area contributed by atoms with Crippen LogP contribution in [0.5, 0.6) is 0 Å². The van der Waals surface area contributed by atoms with Gasteiger partial charge in [-0.3, -0.25) is 24.0 Å². The summed E-state index contributed by atoms with van der Waals surface area (Å²) in [5.74, 6) is -2.06. The number of likely N-dealkylation sites (tertiary alicyclic amines) is 1. The number of β-amino-alcohol motifs (C(OH)–C–C–N with tert-alkyl or cyclic N) is 1. The summed E-state index contributed by atoms with van der Waals surface area (Å²) < 4.78 is 0. The van der Waals surface area contributed by atoms with E-state index in [1.54, 1.807) is 29.5 Å². The van der Waals surface area contributed by atoms with Crippen LogP contribution in [0.25, 0.3) is 10.4 Å². The van der Waals surface area contributed by atoms with Gasteiger partial charge in [0.25, 0.3) is 0 Å². The average molecular weight is 770 g/mol. The number of nitrogens with zero attached hydrogens (tertiary/aromatic N) is 2. The minimum Gasteiger partial charge on any atom is -0.391 e. The Morgan fingerprint density at radius 2 is 1.75 bits per heavy atom. The lowest BCUT2D eigenvalue weighted by molar-refractivity contribution is -0.144. The predicted molar refractivity (Wildman–Crippen MR) is 208 cm³/mol. The second-order valence-electron chi connectivity index (χ2n) is 14.5. The minimum atomic E-state index is -0.932. The number of aromatic nitrogens is 1. The van der Waals surface area contributed by atoms with Crippen LogP contribution in [0.2, 0.25) is 0 Å². The maximum atomic E-state index is 14.0. The monoisotopic (exact) mass is 769 g/mol. The standard InChI is InChI=1S/C38H51N7O6S.ClH/c1-22(25-12-14-26(15-13-25)33-23(2)41-21-52-33)42-36(50)30-19-28(46)20-45(30)37(51)34(38(3,4)5)44-32(48)11-7-9-24-8-6-10-27(18-24)43-35(49)29(39)16-17-31(40)47;/h6,8,10,12-15,18,21-22,28-30,34,46H,7,9,11,16-17,19-20,39H2,1-5H3,(H2,40,47)(H,42,50)(H,43,49)(H,44,48);1H/t22-,28+,29-,30-,34+;/m0./s1. The molecule has 2 aromatic carbocycles. The van der Waals surface area contributed by atoms with Crippen LogP contribution in [-0.4, -0.2) is 75.3 Å². The molecule has 2 heterocycles. The van der Waals surface area contributed by atoms with Crippen LogP contribution < -0.4 is 27.4 Å². The summed E-state index contributed by atoms with van der Waals surface area (Å²) in [7, 11) is 0. The number of carbonyl (C=O) groups excluding carboxylic acids is 5. The second-order valence-corrected chi connectivity index (χ2v) is 15.4. The quantitative estimate of drug-likeness (QED) is 0.134. The Kier molecular flexibility index (Phi) is 15.5. The number of primary amides is 1. The Hall–Kier alpha value is -4.37. The summed E-state index contributed by atoms with van der Waals surface area (Å²) in [6.45, 7) is 9.35. The molecule has 13 nitrogen and oxygen atoms in total. The molecule has 1 aromatic heterocycles. The first kappa shape index (κ1) is 43.0. The summed E-state index contributed by atoms with van der Waals surface area (Å²) in [6.07, 6.45) is 0.521. The van der Waals surface area contributed by atoms with E-state index in [-0.39, 0.29) is 62.5 Å². The Labute approximate surface area is 321 Å². The number of aliphatic hydroxyl groups is 1. The van der Waals surface area contributed by atoms with Crippen molar-refractivity contribution < 1.29 is 29.1 Å². The van der Waals surface area contributed by atoms with Gasteiger partial charge in [0.05, 0.1) is 34.3 Å².